The number of hydrazine groups is 1. The SMILES string of the molecule is N#Cc1cnn(C(=O)c2nonc2C(=O)NN)c1N. The van der Waals surface area contributed by atoms with E-state index >= 15 is 0 Å². The van der Waals surface area contributed by atoms with Crippen LogP contribution < -0.4 is 17.0 Å². The molecule has 11 heteroatoms. The van der Waals surface area contributed by atoms with E-state index in [0.29, 0.717) is 4.68 Å². The molecule has 0 bridgehead atoms. The highest BCUT2D eigenvalue weighted by molar-refractivity contribution is 6.05. The first kappa shape index (κ1) is 12.2. The molecule has 0 aromatic carbocycles. The molecule has 0 saturated carbocycles. The van der Waals surface area contributed by atoms with E-state index in [4.69, 9.17) is 16.8 Å². The monoisotopic (exact) mass is 262 g/mol. The second-order valence-electron chi connectivity index (χ2n) is 3.21. The number of nitrogens with two attached hydrogens (primary N) is 2. The van der Waals surface area contributed by atoms with Crippen molar-refractivity contribution in [2.75, 3.05) is 5.73 Å². The Kier molecular flexibility index (Phi) is 2.92. The van der Waals surface area contributed by atoms with Crippen LogP contribution in [-0.2, 0) is 0 Å². The van der Waals surface area contributed by atoms with E-state index in [0.717, 1.165) is 6.20 Å². The van der Waals surface area contributed by atoms with Gasteiger partial charge in [-0.3, -0.25) is 15.0 Å². The van der Waals surface area contributed by atoms with Gasteiger partial charge in [0.25, 0.3) is 5.91 Å². The summed E-state index contributed by atoms with van der Waals surface area (Å²) in [5, 5.41) is 18.8. The number of aromatic nitrogens is 4. The summed E-state index contributed by atoms with van der Waals surface area (Å²) in [5.41, 5.74) is 6.48. The number of carbonyl (C=O) groups is 2. The molecule has 2 aromatic rings. The molecular weight excluding hydrogens is 256 g/mol. The van der Waals surface area contributed by atoms with Crippen molar-refractivity contribution in [3.63, 3.8) is 0 Å². The Balaban J connectivity index is 2.46. The zero-order valence-corrected chi connectivity index (χ0v) is 9.19. The summed E-state index contributed by atoms with van der Waals surface area (Å²) < 4.78 is 5.00. The van der Waals surface area contributed by atoms with Gasteiger partial charge >= 0.3 is 5.91 Å². The average molecular weight is 262 g/mol. The van der Waals surface area contributed by atoms with E-state index in [9.17, 15) is 9.59 Å². The highest BCUT2D eigenvalue weighted by Gasteiger charge is 2.27. The lowest BCUT2D eigenvalue weighted by molar-refractivity contribution is 0.0911. The Hall–Kier alpha value is -3.26. The first-order valence-electron chi connectivity index (χ1n) is 4.72. The number of anilines is 1. The highest BCUT2D eigenvalue weighted by Crippen LogP contribution is 2.12. The number of nitriles is 1. The quantitative estimate of drug-likeness (QED) is 0.313. The minimum absolute atomic E-state index is 0.00892. The molecule has 2 aromatic heterocycles. The third kappa shape index (κ3) is 1.87. The van der Waals surface area contributed by atoms with Crippen LogP contribution in [0.1, 0.15) is 26.5 Å². The van der Waals surface area contributed by atoms with Crippen molar-refractivity contribution in [2.24, 2.45) is 5.84 Å². The maximum Gasteiger partial charge on any atom is 0.304 e. The van der Waals surface area contributed by atoms with Crippen molar-refractivity contribution in [3.05, 3.63) is 23.1 Å². The van der Waals surface area contributed by atoms with Crippen LogP contribution in [-0.4, -0.2) is 31.9 Å². The van der Waals surface area contributed by atoms with Gasteiger partial charge in [0.15, 0.2) is 0 Å². The number of nitrogens with zero attached hydrogens (tertiary/aromatic N) is 5. The Morgan fingerprint density at radius 1 is 1.42 bits per heavy atom. The number of nitrogens with one attached hydrogen (secondary N) is 1. The molecule has 0 atom stereocenters. The fourth-order valence-electron chi connectivity index (χ4n) is 1.25. The molecule has 19 heavy (non-hydrogen) atoms. The van der Waals surface area contributed by atoms with Gasteiger partial charge in [-0.1, -0.05) is 0 Å². The van der Waals surface area contributed by atoms with Crippen molar-refractivity contribution < 1.29 is 14.2 Å². The predicted molar refractivity (Wildman–Crippen MR) is 57.0 cm³/mol. The van der Waals surface area contributed by atoms with E-state index in [1.54, 1.807) is 11.5 Å². The van der Waals surface area contributed by atoms with Gasteiger partial charge in [0.05, 0.1) is 6.20 Å². The Labute approximate surface area is 104 Å². The van der Waals surface area contributed by atoms with Crippen LogP contribution in [0.2, 0.25) is 0 Å². The average Bonchev–Trinajstić information content (AvgIpc) is 3.03. The van der Waals surface area contributed by atoms with Crippen molar-refractivity contribution in [1.29, 1.82) is 5.26 Å². The van der Waals surface area contributed by atoms with Crippen molar-refractivity contribution in [2.45, 2.75) is 0 Å². The zero-order chi connectivity index (χ0) is 14.0. The predicted octanol–water partition coefficient (Wildman–Crippen LogP) is -1.99. The van der Waals surface area contributed by atoms with Crippen LogP contribution >= 0.6 is 0 Å². The highest BCUT2D eigenvalue weighted by atomic mass is 16.6. The first-order valence-corrected chi connectivity index (χ1v) is 4.72. The van der Waals surface area contributed by atoms with Gasteiger partial charge in [0, 0.05) is 0 Å². The molecule has 0 aliphatic rings. The minimum Gasteiger partial charge on any atom is -0.382 e. The molecule has 2 rings (SSSR count). The summed E-state index contributed by atoms with van der Waals surface area (Å²) in [7, 11) is 0. The molecule has 2 heterocycles. The molecule has 0 aliphatic heterocycles. The fraction of sp³-hybridized carbons (Fsp3) is 0. The van der Waals surface area contributed by atoms with Crippen LogP contribution in [0, 0.1) is 11.3 Å². The lowest BCUT2D eigenvalue weighted by Gasteiger charge is -2.00. The van der Waals surface area contributed by atoms with Gasteiger partial charge in [0.2, 0.25) is 11.4 Å². The van der Waals surface area contributed by atoms with Gasteiger partial charge in [-0.15, -0.1) is 0 Å². The van der Waals surface area contributed by atoms with Gasteiger partial charge in [-0.25, -0.2) is 10.5 Å². The van der Waals surface area contributed by atoms with Crippen LogP contribution in [0.5, 0.6) is 0 Å². The molecule has 0 saturated heterocycles. The van der Waals surface area contributed by atoms with Gasteiger partial charge in [-0.2, -0.15) is 15.0 Å². The van der Waals surface area contributed by atoms with E-state index in [1.165, 1.54) is 0 Å². The normalized spacial score (nSPS) is 9.89. The van der Waals surface area contributed by atoms with Gasteiger partial charge < -0.3 is 5.73 Å². The van der Waals surface area contributed by atoms with Gasteiger partial charge in [0.1, 0.15) is 17.5 Å². The number of rotatable bonds is 2. The summed E-state index contributed by atoms with van der Waals surface area (Å²) >= 11 is 0. The second-order valence-corrected chi connectivity index (χ2v) is 3.21. The number of hydrogen-bond acceptors (Lipinski definition) is 9. The molecule has 5 N–H and O–H groups in total. The summed E-state index contributed by atoms with van der Waals surface area (Å²) in [5.74, 6) is 2.99. The topological polar surface area (TPSA) is 179 Å². The van der Waals surface area contributed by atoms with Crippen LogP contribution in [0.15, 0.2) is 10.8 Å². The summed E-state index contributed by atoms with van der Waals surface area (Å²) in [6.07, 6.45) is 1.10. The van der Waals surface area contributed by atoms with Crippen molar-refractivity contribution in [1.82, 2.24) is 25.5 Å². The Morgan fingerprint density at radius 2 is 2.11 bits per heavy atom. The molecule has 0 fully saturated rings. The van der Waals surface area contributed by atoms with E-state index < -0.39 is 23.2 Å². The van der Waals surface area contributed by atoms with Gasteiger partial charge in [-0.05, 0) is 10.3 Å². The number of nitrogen functional groups attached to an aromatic ring is 2. The maximum absolute atomic E-state index is 12.0. The van der Waals surface area contributed by atoms with Crippen LogP contribution in [0.3, 0.4) is 0 Å². The smallest absolute Gasteiger partial charge is 0.304 e. The Bertz CT molecular complexity index is 693. The molecule has 0 spiro atoms. The summed E-state index contributed by atoms with van der Waals surface area (Å²) in [6, 6.07) is 1.75. The van der Waals surface area contributed by atoms with Crippen molar-refractivity contribution >= 4 is 17.6 Å². The summed E-state index contributed by atoms with van der Waals surface area (Å²) in [6.45, 7) is 0. The molecule has 0 radical (unpaired) electrons. The zero-order valence-electron chi connectivity index (χ0n) is 9.19. The lowest BCUT2D eigenvalue weighted by Crippen LogP contribution is -2.32. The molecule has 1 amide bonds. The van der Waals surface area contributed by atoms with Crippen LogP contribution in [0.25, 0.3) is 0 Å². The molecule has 0 aliphatic carbocycles. The van der Waals surface area contributed by atoms with E-state index in [-0.39, 0.29) is 11.4 Å². The number of carbonyl (C=O) groups excluding carboxylic acids is 2. The van der Waals surface area contributed by atoms with E-state index in [1.807, 2.05) is 0 Å². The largest absolute Gasteiger partial charge is 0.382 e. The third-order valence-corrected chi connectivity index (χ3v) is 2.16. The lowest BCUT2D eigenvalue weighted by atomic mass is 10.3. The maximum atomic E-state index is 12.0. The molecule has 0 unspecified atom stereocenters. The number of hydrogen-bond donors (Lipinski definition) is 3. The minimum atomic E-state index is -0.876. The second kappa shape index (κ2) is 4.55. The number of amides is 1. The Morgan fingerprint density at radius 3 is 2.68 bits per heavy atom. The molecular formula is C8H6N8O3. The summed E-state index contributed by atoms with van der Waals surface area (Å²) in [4.78, 5) is 23.3. The standard InChI is InChI=1S/C8H6N8O3/c9-1-3-2-12-16(6(3)10)8(18)5-4(7(17)13-11)14-19-15-5/h2H,10-11H2,(H,13,17). The van der Waals surface area contributed by atoms with E-state index in [2.05, 4.69) is 20.0 Å². The molecule has 96 valence electrons. The third-order valence-electron chi connectivity index (χ3n) is 2.16. The molecule has 11 nitrogen and oxygen atoms in total. The van der Waals surface area contributed by atoms with Crippen molar-refractivity contribution in [3.8, 4) is 6.07 Å². The van der Waals surface area contributed by atoms with Crippen LogP contribution in [0.4, 0.5) is 5.82 Å². The first-order chi connectivity index (χ1) is 9.10. The fourth-order valence-corrected chi connectivity index (χ4v) is 1.25.